The summed E-state index contributed by atoms with van der Waals surface area (Å²) >= 11 is 0. The average molecular weight is 464 g/mol. The smallest absolute Gasteiger partial charge is 0.361 e. The first-order chi connectivity index (χ1) is 16.4. The van der Waals surface area contributed by atoms with Crippen molar-refractivity contribution < 1.29 is 18.0 Å². The fraction of sp³-hybridized carbons (Fsp3) is 0.269. The van der Waals surface area contributed by atoms with E-state index < -0.39 is 11.7 Å². The third kappa shape index (κ3) is 4.66. The van der Waals surface area contributed by atoms with Crippen LogP contribution in [0.1, 0.15) is 34.5 Å². The van der Waals surface area contributed by atoms with E-state index in [1.165, 1.54) is 24.5 Å². The van der Waals surface area contributed by atoms with Gasteiger partial charge in [-0.15, -0.1) is 0 Å². The predicted octanol–water partition coefficient (Wildman–Crippen LogP) is 5.74. The van der Waals surface area contributed by atoms with E-state index >= 15 is 0 Å². The zero-order chi connectivity index (χ0) is 23.7. The molecule has 5 rings (SSSR count). The highest BCUT2D eigenvalue weighted by Gasteiger charge is 2.32. The fourth-order valence-electron chi connectivity index (χ4n) is 4.18. The van der Waals surface area contributed by atoms with Gasteiger partial charge in [0.05, 0.1) is 5.56 Å². The van der Waals surface area contributed by atoms with Crippen molar-refractivity contribution in [2.45, 2.75) is 25.4 Å². The topological polar surface area (TPSA) is 61.9 Å². The molecular weight excluding hydrogens is 441 g/mol. The number of carbonyl (C=O) groups excluding carboxylic acids is 1. The van der Waals surface area contributed by atoms with Gasteiger partial charge in [-0.1, -0.05) is 30.3 Å². The summed E-state index contributed by atoms with van der Waals surface area (Å²) in [5, 5.41) is 1.12. The van der Waals surface area contributed by atoms with Crippen molar-refractivity contribution in [3.63, 3.8) is 0 Å². The van der Waals surface area contributed by atoms with Gasteiger partial charge >= 0.3 is 6.18 Å². The first kappa shape index (κ1) is 22.1. The lowest BCUT2D eigenvalue weighted by molar-refractivity contribution is -0.137. The Bertz CT molecular complexity index is 1330. The predicted molar refractivity (Wildman–Crippen MR) is 123 cm³/mol. The van der Waals surface area contributed by atoms with Gasteiger partial charge in [-0.25, -0.2) is 4.98 Å². The normalized spacial score (nSPS) is 13.9. The van der Waals surface area contributed by atoms with Crippen molar-refractivity contribution in [3.05, 3.63) is 83.9 Å². The number of hydrogen-bond acceptors (Lipinski definition) is 3. The largest absolute Gasteiger partial charge is 0.416 e. The van der Waals surface area contributed by atoms with E-state index in [0.717, 1.165) is 41.4 Å². The van der Waals surface area contributed by atoms with Crippen molar-refractivity contribution in [1.29, 1.82) is 0 Å². The Hall–Kier alpha value is -3.68. The van der Waals surface area contributed by atoms with Crippen molar-refractivity contribution >= 4 is 16.8 Å². The molecule has 2 aromatic carbocycles. The van der Waals surface area contributed by atoms with E-state index in [0.29, 0.717) is 25.4 Å². The molecule has 0 atom stereocenters. The number of carbonyl (C=O) groups is 1. The van der Waals surface area contributed by atoms with Gasteiger partial charge in [-0.2, -0.15) is 13.2 Å². The minimum Gasteiger partial charge on any atom is -0.361 e. The summed E-state index contributed by atoms with van der Waals surface area (Å²) in [7, 11) is 0. The van der Waals surface area contributed by atoms with Gasteiger partial charge in [0.15, 0.2) is 5.69 Å². The molecule has 34 heavy (non-hydrogen) atoms. The van der Waals surface area contributed by atoms with E-state index in [-0.39, 0.29) is 22.9 Å². The van der Waals surface area contributed by atoms with Crippen LogP contribution in [0.15, 0.2) is 67.1 Å². The Kier molecular flexibility index (Phi) is 5.81. The molecule has 0 spiro atoms. The molecule has 8 heteroatoms. The average Bonchev–Trinajstić information content (AvgIpc) is 3.58. The van der Waals surface area contributed by atoms with Crippen LogP contribution >= 0.6 is 0 Å². The number of hydrogen-bond donors (Lipinski definition) is 1. The summed E-state index contributed by atoms with van der Waals surface area (Å²) in [6.45, 7) is 1.08. The van der Waals surface area contributed by atoms with Crippen LogP contribution in [-0.2, 0) is 12.6 Å². The minimum absolute atomic E-state index is 0.0707. The molecule has 1 N–H and O–H groups in total. The molecule has 4 aromatic rings. The summed E-state index contributed by atoms with van der Waals surface area (Å²) in [6.07, 6.45) is 3.06. The Morgan fingerprint density at radius 1 is 1.06 bits per heavy atom. The van der Waals surface area contributed by atoms with E-state index in [9.17, 15) is 18.0 Å². The number of benzene rings is 2. The molecule has 2 heterocycles. The van der Waals surface area contributed by atoms with Gasteiger partial charge in [0.25, 0.3) is 5.91 Å². The van der Waals surface area contributed by atoms with Crippen LogP contribution in [0.2, 0.25) is 0 Å². The number of rotatable bonds is 7. The lowest BCUT2D eigenvalue weighted by Gasteiger charge is -2.23. The monoisotopic (exact) mass is 464 g/mol. The van der Waals surface area contributed by atoms with E-state index in [1.807, 2.05) is 30.5 Å². The summed E-state index contributed by atoms with van der Waals surface area (Å²) in [6, 6.07) is 12.9. The zero-order valence-electron chi connectivity index (χ0n) is 18.3. The third-order valence-electron chi connectivity index (χ3n) is 6.15. The molecule has 2 aromatic heterocycles. The fourth-order valence-corrected chi connectivity index (χ4v) is 4.18. The molecule has 0 saturated heterocycles. The number of nitrogens with zero attached hydrogens (tertiary/aromatic N) is 3. The molecule has 1 amide bonds. The summed E-state index contributed by atoms with van der Waals surface area (Å²) in [5.74, 6) is 0.132. The second-order valence-electron chi connectivity index (χ2n) is 8.64. The molecule has 0 aliphatic heterocycles. The molecule has 1 aliphatic carbocycles. The van der Waals surface area contributed by atoms with Crippen LogP contribution in [0.4, 0.5) is 13.2 Å². The maximum absolute atomic E-state index is 13.6. The summed E-state index contributed by atoms with van der Waals surface area (Å²) in [4.78, 5) is 27.1. The molecule has 0 bridgehead atoms. The molecule has 1 saturated carbocycles. The Morgan fingerprint density at radius 3 is 2.65 bits per heavy atom. The second-order valence-corrected chi connectivity index (χ2v) is 8.64. The van der Waals surface area contributed by atoms with E-state index in [4.69, 9.17) is 0 Å². The first-order valence-corrected chi connectivity index (χ1v) is 11.2. The van der Waals surface area contributed by atoms with Crippen LogP contribution in [0.5, 0.6) is 0 Å². The molecule has 0 radical (unpaired) electrons. The lowest BCUT2D eigenvalue weighted by atomic mass is 10.0. The maximum atomic E-state index is 13.6. The van der Waals surface area contributed by atoms with Crippen LogP contribution in [0.3, 0.4) is 0 Å². The maximum Gasteiger partial charge on any atom is 0.416 e. The van der Waals surface area contributed by atoms with Gasteiger partial charge in [-0.3, -0.25) is 9.78 Å². The lowest BCUT2D eigenvalue weighted by Crippen LogP contribution is -2.35. The number of aromatic amines is 1. The van der Waals surface area contributed by atoms with Gasteiger partial charge in [-0.05, 0) is 48.9 Å². The molecule has 1 fully saturated rings. The van der Waals surface area contributed by atoms with Gasteiger partial charge < -0.3 is 9.88 Å². The van der Waals surface area contributed by atoms with Crippen LogP contribution in [-0.4, -0.2) is 38.8 Å². The number of amides is 1. The third-order valence-corrected chi connectivity index (χ3v) is 6.15. The number of aromatic nitrogens is 3. The van der Waals surface area contributed by atoms with Gasteiger partial charge in [0, 0.05) is 48.1 Å². The molecular formula is C26H23F3N4O. The van der Waals surface area contributed by atoms with Gasteiger partial charge in [0.1, 0.15) is 5.69 Å². The minimum atomic E-state index is -4.49. The highest BCUT2D eigenvalue weighted by Crippen LogP contribution is 2.33. The summed E-state index contributed by atoms with van der Waals surface area (Å²) in [5.41, 5.74) is 1.81. The Morgan fingerprint density at radius 2 is 1.85 bits per heavy atom. The zero-order valence-corrected chi connectivity index (χ0v) is 18.3. The summed E-state index contributed by atoms with van der Waals surface area (Å²) < 4.78 is 39.8. The molecule has 5 nitrogen and oxygen atoms in total. The first-order valence-electron chi connectivity index (χ1n) is 11.2. The van der Waals surface area contributed by atoms with Crippen molar-refractivity contribution in [2.75, 3.05) is 13.1 Å². The van der Waals surface area contributed by atoms with Crippen molar-refractivity contribution in [1.82, 2.24) is 19.9 Å². The number of H-pyrrole nitrogens is 1. The highest BCUT2D eigenvalue weighted by atomic mass is 19.4. The van der Waals surface area contributed by atoms with E-state index in [2.05, 4.69) is 15.0 Å². The number of fused-ring (bicyclic) bond motifs is 1. The quantitative estimate of drug-likeness (QED) is 0.380. The number of alkyl halides is 3. The standard InChI is InChI=1S/C26H23F3N4O/c27-26(28,29)20-5-3-4-18(14-20)23-24(31-12-11-30-23)25(34)33(16-17-8-9-17)13-10-19-15-32-22-7-2-1-6-21(19)22/h1-7,11-12,14-15,17,32H,8-10,13,16H2. The van der Waals surface area contributed by atoms with Gasteiger partial charge in [0.2, 0.25) is 0 Å². The molecule has 0 unspecified atom stereocenters. The second kappa shape index (κ2) is 8.93. The van der Waals surface area contributed by atoms with E-state index in [1.54, 1.807) is 4.90 Å². The van der Waals surface area contributed by atoms with Crippen molar-refractivity contribution in [2.24, 2.45) is 5.92 Å². The molecule has 174 valence electrons. The van der Waals surface area contributed by atoms with Crippen molar-refractivity contribution in [3.8, 4) is 11.3 Å². The van der Waals surface area contributed by atoms with Crippen LogP contribution in [0, 0.1) is 5.92 Å². The highest BCUT2D eigenvalue weighted by molar-refractivity contribution is 5.98. The number of para-hydroxylation sites is 1. The van der Waals surface area contributed by atoms with Crippen LogP contribution in [0.25, 0.3) is 22.2 Å². The van der Waals surface area contributed by atoms with Crippen LogP contribution < -0.4 is 0 Å². The Balaban J connectivity index is 1.43. The molecule has 1 aliphatic rings. The number of halogens is 3. The SMILES string of the molecule is O=C(c1nccnc1-c1cccc(C(F)(F)F)c1)N(CCc1c[nH]c2ccccc12)CC1CC1. The number of nitrogens with one attached hydrogen (secondary N) is 1. The Labute approximate surface area is 194 Å².